The summed E-state index contributed by atoms with van der Waals surface area (Å²) >= 11 is 5.60. The summed E-state index contributed by atoms with van der Waals surface area (Å²) < 4.78 is 14.0. The molecule has 1 heterocycles. The molecule has 1 aromatic carbocycles. The lowest BCUT2D eigenvalue weighted by atomic mass is 10.3. The first kappa shape index (κ1) is 14.0. The van der Waals surface area contributed by atoms with Crippen LogP contribution >= 0.6 is 11.6 Å². The summed E-state index contributed by atoms with van der Waals surface area (Å²) in [6, 6.07) is 5.10. The lowest BCUT2D eigenvalue weighted by Crippen LogP contribution is -2.20. The van der Waals surface area contributed by atoms with Gasteiger partial charge in [0.05, 0.1) is 5.02 Å². The molecule has 8 heteroatoms. The van der Waals surface area contributed by atoms with Crippen molar-refractivity contribution in [3.8, 4) is 0 Å². The Hall–Kier alpha value is -2.41. The lowest BCUT2D eigenvalue weighted by molar-refractivity contribution is -0.137. The van der Waals surface area contributed by atoms with Crippen molar-refractivity contribution in [1.82, 2.24) is 9.78 Å². The van der Waals surface area contributed by atoms with Crippen molar-refractivity contribution in [1.29, 1.82) is 0 Å². The fraction of sp³-hybridized carbons (Fsp3) is 0.0833. The van der Waals surface area contributed by atoms with Gasteiger partial charge >= 0.3 is 5.97 Å². The van der Waals surface area contributed by atoms with Gasteiger partial charge < -0.3 is 10.4 Å². The van der Waals surface area contributed by atoms with Crippen molar-refractivity contribution < 1.29 is 19.1 Å². The average Bonchev–Trinajstić information content (AvgIpc) is 2.81. The highest BCUT2D eigenvalue weighted by molar-refractivity contribution is 6.31. The molecule has 0 saturated carbocycles. The van der Waals surface area contributed by atoms with Crippen LogP contribution in [0.5, 0.6) is 0 Å². The number of benzene rings is 1. The summed E-state index contributed by atoms with van der Waals surface area (Å²) in [7, 11) is 0. The molecule has 0 aliphatic rings. The zero-order chi connectivity index (χ0) is 14.7. The van der Waals surface area contributed by atoms with E-state index < -0.39 is 24.2 Å². The molecule has 6 nitrogen and oxygen atoms in total. The Balaban J connectivity index is 2.17. The number of anilines is 1. The zero-order valence-electron chi connectivity index (χ0n) is 10.0. The van der Waals surface area contributed by atoms with E-state index in [2.05, 4.69) is 10.4 Å². The molecule has 2 rings (SSSR count). The van der Waals surface area contributed by atoms with E-state index in [0.717, 1.165) is 10.7 Å². The second-order valence-electron chi connectivity index (χ2n) is 3.85. The first-order valence-corrected chi connectivity index (χ1v) is 5.85. The minimum atomic E-state index is -1.12. The standard InChI is InChI=1S/C12H9ClFN3O3/c13-8-5-7(1-2-9(8)14)16-12(20)10-3-4-15-17(10)6-11(18)19/h1-5H,6H2,(H,16,20)(H,18,19). The summed E-state index contributed by atoms with van der Waals surface area (Å²) in [5, 5.41) is 14.8. The lowest BCUT2D eigenvalue weighted by Gasteiger charge is -2.07. The number of hydrogen-bond acceptors (Lipinski definition) is 3. The third-order valence-electron chi connectivity index (χ3n) is 2.41. The van der Waals surface area contributed by atoms with Crippen molar-refractivity contribution >= 4 is 29.2 Å². The van der Waals surface area contributed by atoms with Crippen LogP contribution in [0, 0.1) is 5.82 Å². The number of carboxylic acid groups (broad SMARTS) is 1. The number of hydrogen-bond donors (Lipinski definition) is 2. The Morgan fingerprint density at radius 3 is 2.80 bits per heavy atom. The molecular weight excluding hydrogens is 289 g/mol. The Labute approximate surface area is 117 Å². The maximum atomic E-state index is 13.0. The van der Waals surface area contributed by atoms with Crippen LogP contribution < -0.4 is 5.32 Å². The van der Waals surface area contributed by atoms with E-state index >= 15 is 0 Å². The zero-order valence-corrected chi connectivity index (χ0v) is 10.8. The van der Waals surface area contributed by atoms with Gasteiger partial charge in [-0.05, 0) is 24.3 Å². The Morgan fingerprint density at radius 2 is 2.15 bits per heavy atom. The summed E-state index contributed by atoms with van der Waals surface area (Å²) in [5.74, 6) is -2.28. The smallest absolute Gasteiger partial charge is 0.325 e. The predicted octanol–water partition coefficient (Wildman–Crippen LogP) is 2.01. The quantitative estimate of drug-likeness (QED) is 0.904. The van der Waals surface area contributed by atoms with Crippen LogP contribution in [0.4, 0.5) is 10.1 Å². The van der Waals surface area contributed by atoms with Crippen molar-refractivity contribution in [2.75, 3.05) is 5.32 Å². The van der Waals surface area contributed by atoms with Crippen LogP contribution in [0.3, 0.4) is 0 Å². The van der Waals surface area contributed by atoms with Crippen LogP contribution in [-0.2, 0) is 11.3 Å². The minimum Gasteiger partial charge on any atom is -0.480 e. The SMILES string of the molecule is O=C(O)Cn1nccc1C(=O)Nc1ccc(F)c(Cl)c1. The molecule has 0 aliphatic heterocycles. The van der Waals surface area contributed by atoms with Crippen LogP contribution in [0.2, 0.25) is 5.02 Å². The largest absolute Gasteiger partial charge is 0.480 e. The van der Waals surface area contributed by atoms with Gasteiger partial charge in [0.2, 0.25) is 0 Å². The fourth-order valence-corrected chi connectivity index (χ4v) is 1.73. The highest BCUT2D eigenvalue weighted by Gasteiger charge is 2.14. The van der Waals surface area contributed by atoms with Gasteiger partial charge in [-0.3, -0.25) is 9.59 Å². The molecule has 0 fully saturated rings. The van der Waals surface area contributed by atoms with E-state index in [4.69, 9.17) is 16.7 Å². The number of amides is 1. The normalized spacial score (nSPS) is 10.3. The first-order valence-electron chi connectivity index (χ1n) is 5.47. The number of aliphatic carboxylic acids is 1. The maximum absolute atomic E-state index is 13.0. The Morgan fingerprint density at radius 1 is 1.40 bits per heavy atom. The fourth-order valence-electron chi connectivity index (χ4n) is 1.55. The highest BCUT2D eigenvalue weighted by atomic mass is 35.5. The van der Waals surface area contributed by atoms with Gasteiger partial charge in [-0.1, -0.05) is 11.6 Å². The molecule has 0 bridgehead atoms. The first-order chi connectivity index (χ1) is 9.47. The van der Waals surface area contributed by atoms with Crippen molar-refractivity contribution in [3.63, 3.8) is 0 Å². The maximum Gasteiger partial charge on any atom is 0.325 e. The number of nitrogens with one attached hydrogen (secondary N) is 1. The van der Waals surface area contributed by atoms with Gasteiger partial charge in [0.1, 0.15) is 18.1 Å². The van der Waals surface area contributed by atoms with E-state index in [9.17, 15) is 14.0 Å². The van der Waals surface area contributed by atoms with Crippen LogP contribution in [0.1, 0.15) is 10.5 Å². The predicted molar refractivity (Wildman–Crippen MR) is 69.2 cm³/mol. The molecule has 2 aromatic rings. The summed E-state index contributed by atoms with van der Waals surface area (Å²) in [6.45, 7) is -0.431. The molecule has 0 spiro atoms. The van der Waals surface area contributed by atoms with Crippen molar-refractivity contribution in [3.05, 3.63) is 47.0 Å². The van der Waals surface area contributed by atoms with Crippen LogP contribution in [-0.4, -0.2) is 26.8 Å². The van der Waals surface area contributed by atoms with Crippen molar-refractivity contribution in [2.24, 2.45) is 0 Å². The van der Waals surface area contributed by atoms with Gasteiger partial charge in [0.25, 0.3) is 5.91 Å². The van der Waals surface area contributed by atoms with E-state index in [1.165, 1.54) is 24.4 Å². The molecule has 2 N–H and O–H groups in total. The summed E-state index contributed by atoms with van der Waals surface area (Å²) in [5.41, 5.74) is 0.373. The number of rotatable bonds is 4. The van der Waals surface area contributed by atoms with Gasteiger partial charge in [0.15, 0.2) is 0 Å². The van der Waals surface area contributed by atoms with E-state index in [1.54, 1.807) is 0 Å². The third-order valence-corrected chi connectivity index (χ3v) is 2.70. The van der Waals surface area contributed by atoms with Gasteiger partial charge in [-0.2, -0.15) is 5.10 Å². The number of aromatic nitrogens is 2. The van der Waals surface area contributed by atoms with Gasteiger partial charge in [-0.25, -0.2) is 9.07 Å². The second kappa shape index (κ2) is 5.70. The molecular formula is C12H9ClFN3O3. The number of carbonyl (C=O) groups is 2. The molecule has 0 saturated heterocycles. The molecule has 0 unspecified atom stereocenters. The molecule has 1 amide bonds. The minimum absolute atomic E-state index is 0.0767. The van der Waals surface area contributed by atoms with Gasteiger partial charge in [0, 0.05) is 11.9 Å². The number of carboxylic acids is 1. The number of nitrogens with zero attached hydrogens (tertiary/aromatic N) is 2. The molecule has 104 valence electrons. The Kier molecular flexibility index (Phi) is 3.99. The van der Waals surface area contributed by atoms with Gasteiger partial charge in [-0.15, -0.1) is 0 Å². The number of carbonyl (C=O) groups excluding carboxylic acids is 1. The Bertz CT molecular complexity index is 672. The van der Waals surface area contributed by atoms with E-state index in [1.807, 2.05) is 0 Å². The molecule has 0 radical (unpaired) electrons. The molecule has 20 heavy (non-hydrogen) atoms. The van der Waals surface area contributed by atoms with E-state index in [0.29, 0.717) is 5.69 Å². The monoisotopic (exact) mass is 297 g/mol. The van der Waals surface area contributed by atoms with Crippen LogP contribution in [0.15, 0.2) is 30.5 Å². The second-order valence-corrected chi connectivity index (χ2v) is 4.26. The summed E-state index contributed by atoms with van der Waals surface area (Å²) in [6.07, 6.45) is 1.31. The van der Waals surface area contributed by atoms with E-state index in [-0.39, 0.29) is 10.7 Å². The topological polar surface area (TPSA) is 84.2 Å². The highest BCUT2D eigenvalue weighted by Crippen LogP contribution is 2.19. The average molecular weight is 298 g/mol. The van der Waals surface area contributed by atoms with Crippen molar-refractivity contribution in [2.45, 2.75) is 6.54 Å². The molecule has 0 aliphatic carbocycles. The number of halogens is 2. The molecule has 0 atom stereocenters. The van der Waals surface area contributed by atoms with Crippen LogP contribution in [0.25, 0.3) is 0 Å². The molecule has 1 aromatic heterocycles. The summed E-state index contributed by atoms with van der Waals surface area (Å²) in [4.78, 5) is 22.6. The third kappa shape index (κ3) is 3.12.